The van der Waals surface area contributed by atoms with Crippen LogP contribution in [0.3, 0.4) is 0 Å². The van der Waals surface area contributed by atoms with Crippen molar-refractivity contribution in [1.82, 2.24) is 4.90 Å². The molecule has 1 unspecified atom stereocenters. The summed E-state index contributed by atoms with van der Waals surface area (Å²) in [7, 11) is 0. The zero-order valence-corrected chi connectivity index (χ0v) is 14.3. The number of hydrogen-bond acceptors (Lipinski definition) is 3. The highest BCUT2D eigenvalue weighted by Gasteiger charge is 2.26. The Bertz CT molecular complexity index is 561. The molecule has 0 aromatic heterocycles. The van der Waals surface area contributed by atoms with Crippen LogP contribution in [0.1, 0.15) is 45.6 Å². The first-order chi connectivity index (χ1) is 10.9. The van der Waals surface area contributed by atoms with Crippen LogP contribution >= 0.6 is 0 Å². The van der Waals surface area contributed by atoms with Gasteiger partial charge in [0.15, 0.2) is 0 Å². The second-order valence-corrected chi connectivity index (χ2v) is 7.13. The van der Waals surface area contributed by atoms with E-state index in [0.29, 0.717) is 13.0 Å². The molecule has 1 fully saturated rings. The minimum Gasteiger partial charge on any atom is -0.494 e. The van der Waals surface area contributed by atoms with E-state index < -0.39 is 5.92 Å². The molecule has 1 atom stereocenters. The summed E-state index contributed by atoms with van der Waals surface area (Å²) in [6, 6.07) is 10.1. The summed E-state index contributed by atoms with van der Waals surface area (Å²) in [4.78, 5) is 14.0. The van der Waals surface area contributed by atoms with Crippen LogP contribution in [-0.2, 0) is 10.2 Å². The van der Waals surface area contributed by atoms with Crippen molar-refractivity contribution >= 4 is 5.91 Å². The SMILES string of the molecule is CC(C)(C)c1ccc(OCCC(C#N)C(=O)N2CCCC2)cc1. The van der Waals surface area contributed by atoms with E-state index in [1.54, 1.807) is 4.90 Å². The fraction of sp³-hybridized carbons (Fsp3) is 0.579. The van der Waals surface area contributed by atoms with Crippen LogP contribution in [0.5, 0.6) is 5.75 Å². The molecule has 1 aliphatic heterocycles. The number of nitriles is 1. The number of hydrogen-bond donors (Lipinski definition) is 0. The van der Waals surface area contributed by atoms with Gasteiger partial charge in [-0.2, -0.15) is 5.26 Å². The number of benzene rings is 1. The van der Waals surface area contributed by atoms with Gasteiger partial charge in [0.2, 0.25) is 5.91 Å². The van der Waals surface area contributed by atoms with Gasteiger partial charge in [-0.15, -0.1) is 0 Å². The summed E-state index contributed by atoms with van der Waals surface area (Å²) in [5.74, 6) is 0.141. The van der Waals surface area contributed by atoms with E-state index in [1.165, 1.54) is 5.56 Å². The Morgan fingerprint density at radius 1 is 1.26 bits per heavy atom. The van der Waals surface area contributed by atoms with Gasteiger partial charge in [-0.1, -0.05) is 32.9 Å². The van der Waals surface area contributed by atoms with E-state index in [4.69, 9.17) is 4.74 Å². The van der Waals surface area contributed by atoms with Crippen molar-refractivity contribution in [3.63, 3.8) is 0 Å². The van der Waals surface area contributed by atoms with Crippen molar-refractivity contribution in [2.45, 2.75) is 45.4 Å². The van der Waals surface area contributed by atoms with Crippen LogP contribution in [0, 0.1) is 17.2 Å². The normalized spacial score (nSPS) is 16.0. The highest BCUT2D eigenvalue weighted by Crippen LogP contribution is 2.24. The first-order valence-electron chi connectivity index (χ1n) is 8.33. The molecule has 0 N–H and O–H groups in total. The molecule has 0 spiro atoms. The first-order valence-corrected chi connectivity index (χ1v) is 8.33. The molecule has 23 heavy (non-hydrogen) atoms. The van der Waals surface area contributed by atoms with E-state index in [0.717, 1.165) is 31.7 Å². The average Bonchev–Trinajstić information content (AvgIpc) is 3.05. The van der Waals surface area contributed by atoms with Crippen molar-refractivity contribution < 1.29 is 9.53 Å². The fourth-order valence-corrected chi connectivity index (χ4v) is 2.75. The van der Waals surface area contributed by atoms with Gasteiger partial charge in [0.25, 0.3) is 0 Å². The standard InChI is InChI=1S/C19H26N2O2/c1-19(2,3)16-6-8-17(9-7-16)23-13-10-15(14-20)18(22)21-11-4-5-12-21/h6-9,15H,4-5,10-13H2,1-3H3. The third-order valence-electron chi connectivity index (χ3n) is 4.27. The highest BCUT2D eigenvalue weighted by molar-refractivity contribution is 5.81. The van der Waals surface area contributed by atoms with Gasteiger partial charge in [0, 0.05) is 19.5 Å². The molecule has 1 aromatic rings. The Hall–Kier alpha value is -2.02. The van der Waals surface area contributed by atoms with Gasteiger partial charge in [-0.25, -0.2) is 0 Å². The second kappa shape index (κ2) is 7.50. The number of carbonyl (C=O) groups excluding carboxylic acids is 1. The lowest BCUT2D eigenvalue weighted by Crippen LogP contribution is -2.33. The molecule has 1 aromatic carbocycles. The summed E-state index contributed by atoms with van der Waals surface area (Å²) >= 11 is 0. The molecule has 124 valence electrons. The smallest absolute Gasteiger partial charge is 0.240 e. The predicted octanol–water partition coefficient (Wildman–Crippen LogP) is 3.52. The molecule has 2 rings (SSSR count). The number of rotatable bonds is 5. The second-order valence-electron chi connectivity index (χ2n) is 7.13. The molecule has 1 aliphatic rings. The first kappa shape index (κ1) is 17.3. The number of nitrogens with zero attached hydrogens (tertiary/aromatic N) is 2. The Morgan fingerprint density at radius 3 is 2.39 bits per heavy atom. The lowest BCUT2D eigenvalue weighted by Gasteiger charge is -2.20. The highest BCUT2D eigenvalue weighted by atomic mass is 16.5. The molecule has 1 amide bonds. The van der Waals surface area contributed by atoms with E-state index in [9.17, 15) is 10.1 Å². The zero-order valence-electron chi connectivity index (χ0n) is 14.3. The summed E-state index contributed by atoms with van der Waals surface area (Å²) in [5, 5.41) is 9.23. The third-order valence-corrected chi connectivity index (χ3v) is 4.27. The molecule has 0 bridgehead atoms. The molecule has 0 radical (unpaired) electrons. The van der Waals surface area contributed by atoms with Crippen LogP contribution in [0.25, 0.3) is 0 Å². The van der Waals surface area contributed by atoms with Gasteiger partial charge in [-0.3, -0.25) is 4.79 Å². The summed E-state index contributed by atoms with van der Waals surface area (Å²) in [5.41, 5.74) is 1.37. The summed E-state index contributed by atoms with van der Waals surface area (Å²) in [6.45, 7) is 8.46. The maximum atomic E-state index is 12.2. The van der Waals surface area contributed by atoms with E-state index >= 15 is 0 Å². The maximum absolute atomic E-state index is 12.2. The van der Waals surface area contributed by atoms with Crippen molar-refractivity contribution in [3.8, 4) is 11.8 Å². The van der Waals surface area contributed by atoms with Gasteiger partial charge in [-0.05, 0) is 36.0 Å². The minimum atomic E-state index is -0.595. The molecule has 0 aliphatic carbocycles. The monoisotopic (exact) mass is 314 g/mol. The number of amides is 1. The summed E-state index contributed by atoms with van der Waals surface area (Å²) < 4.78 is 5.70. The third kappa shape index (κ3) is 4.72. The van der Waals surface area contributed by atoms with E-state index in [1.807, 2.05) is 12.1 Å². The quantitative estimate of drug-likeness (QED) is 0.835. The van der Waals surface area contributed by atoms with Crippen molar-refractivity contribution in [2.24, 2.45) is 5.92 Å². The summed E-state index contributed by atoms with van der Waals surface area (Å²) in [6.07, 6.45) is 2.52. The molecule has 4 nitrogen and oxygen atoms in total. The molecule has 1 saturated heterocycles. The Kier molecular flexibility index (Phi) is 5.65. The van der Waals surface area contributed by atoms with Crippen LogP contribution in [0.4, 0.5) is 0 Å². The van der Waals surface area contributed by atoms with Crippen molar-refractivity contribution in [3.05, 3.63) is 29.8 Å². The molecule has 1 heterocycles. The van der Waals surface area contributed by atoms with Crippen LogP contribution in [0.15, 0.2) is 24.3 Å². The van der Waals surface area contributed by atoms with Gasteiger partial charge in [0.1, 0.15) is 11.7 Å². The molecule has 0 saturated carbocycles. The van der Waals surface area contributed by atoms with Gasteiger partial charge < -0.3 is 9.64 Å². The van der Waals surface area contributed by atoms with Gasteiger partial charge in [0.05, 0.1) is 12.7 Å². The largest absolute Gasteiger partial charge is 0.494 e. The lowest BCUT2D eigenvalue weighted by atomic mass is 9.87. The number of ether oxygens (including phenoxy) is 1. The zero-order chi connectivity index (χ0) is 16.9. The maximum Gasteiger partial charge on any atom is 0.240 e. The van der Waals surface area contributed by atoms with Crippen LogP contribution in [-0.4, -0.2) is 30.5 Å². The van der Waals surface area contributed by atoms with Gasteiger partial charge >= 0.3 is 0 Å². The molecular weight excluding hydrogens is 288 g/mol. The van der Waals surface area contributed by atoms with E-state index in [2.05, 4.69) is 39.0 Å². The predicted molar refractivity (Wildman–Crippen MR) is 90.2 cm³/mol. The Labute approximate surface area is 139 Å². The van der Waals surface area contributed by atoms with Crippen LogP contribution < -0.4 is 4.74 Å². The average molecular weight is 314 g/mol. The Morgan fingerprint density at radius 2 is 1.87 bits per heavy atom. The van der Waals surface area contributed by atoms with Crippen molar-refractivity contribution in [1.29, 1.82) is 5.26 Å². The van der Waals surface area contributed by atoms with Crippen LogP contribution in [0.2, 0.25) is 0 Å². The minimum absolute atomic E-state index is 0.0447. The lowest BCUT2D eigenvalue weighted by molar-refractivity contribution is -0.133. The number of likely N-dealkylation sites (tertiary alicyclic amines) is 1. The van der Waals surface area contributed by atoms with E-state index in [-0.39, 0.29) is 11.3 Å². The topological polar surface area (TPSA) is 53.3 Å². The molecular formula is C19H26N2O2. The Balaban J connectivity index is 1.83. The fourth-order valence-electron chi connectivity index (χ4n) is 2.75. The number of carbonyl (C=O) groups is 1. The molecule has 4 heteroatoms. The van der Waals surface area contributed by atoms with Crippen molar-refractivity contribution in [2.75, 3.05) is 19.7 Å².